The van der Waals surface area contributed by atoms with Crippen molar-refractivity contribution in [3.63, 3.8) is 0 Å². The first-order valence-electron chi connectivity index (χ1n) is 8.18. The van der Waals surface area contributed by atoms with E-state index in [4.69, 9.17) is 4.52 Å². The van der Waals surface area contributed by atoms with E-state index < -0.39 is 10.0 Å². The third kappa shape index (κ3) is 3.74. The topological polar surface area (TPSA) is 101 Å². The van der Waals surface area contributed by atoms with Gasteiger partial charge in [0, 0.05) is 0 Å². The fraction of sp³-hybridized carbons (Fsp3) is 0.412. The fourth-order valence-corrected chi connectivity index (χ4v) is 4.55. The molecular weight excluding hydrogens is 342 g/mol. The Balaban J connectivity index is 1.65. The summed E-state index contributed by atoms with van der Waals surface area (Å²) in [6.07, 6.45) is 2.84. The lowest BCUT2D eigenvalue weighted by molar-refractivity contribution is -0.120. The van der Waals surface area contributed by atoms with Gasteiger partial charge in [0.1, 0.15) is 10.6 Å². The molecule has 7 nitrogen and oxygen atoms in total. The van der Waals surface area contributed by atoms with Crippen LogP contribution in [-0.4, -0.2) is 26.0 Å². The Morgan fingerprint density at radius 2 is 2.08 bits per heavy atom. The quantitative estimate of drug-likeness (QED) is 0.843. The summed E-state index contributed by atoms with van der Waals surface area (Å²) in [4.78, 5) is 12.2. The minimum absolute atomic E-state index is 0.0108. The first-order valence-corrected chi connectivity index (χ1v) is 9.66. The van der Waals surface area contributed by atoms with E-state index in [0.29, 0.717) is 0 Å². The van der Waals surface area contributed by atoms with Crippen molar-refractivity contribution in [1.29, 1.82) is 0 Å². The molecule has 2 N–H and O–H groups in total. The molecule has 0 fully saturated rings. The molecule has 1 aromatic heterocycles. The van der Waals surface area contributed by atoms with Crippen LogP contribution in [0.1, 0.15) is 41.5 Å². The monoisotopic (exact) mass is 363 g/mol. The molecule has 0 radical (unpaired) electrons. The summed E-state index contributed by atoms with van der Waals surface area (Å²) in [7, 11) is -3.84. The van der Waals surface area contributed by atoms with Gasteiger partial charge < -0.3 is 9.84 Å². The molecule has 0 spiro atoms. The molecule has 8 heteroatoms. The maximum absolute atomic E-state index is 12.3. The number of aromatic nitrogens is 1. The first-order chi connectivity index (χ1) is 11.9. The standard InChI is InChI=1S/C17H21N3O4S/c1-11-17(12(2)24-20-11)25(22,23)18-10-16(21)19-15-9-5-7-13-6-3-4-8-14(13)15/h3-4,6,8,15,18H,5,7,9-10H2,1-2H3,(H,19,21). The highest BCUT2D eigenvalue weighted by Gasteiger charge is 2.26. The van der Waals surface area contributed by atoms with E-state index >= 15 is 0 Å². The number of benzene rings is 1. The number of nitrogens with zero attached hydrogens (tertiary/aromatic N) is 1. The minimum atomic E-state index is -3.84. The Morgan fingerprint density at radius 1 is 1.32 bits per heavy atom. The second-order valence-corrected chi connectivity index (χ2v) is 7.89. The highest BCUT2D eigenvalue weighted by atomic mass is 32.2. The number of hydrogen-bond donors (Lipinski definition) is 2. The van der Waals surface area contributed by atoms with Crippen molar-refractivity contribution < 1.29 is 17.7 Å². The van der Waals surface area contributed by atoms with Crippen LogP contribution in [0.5, 0.6) is 0 Å². The van der Waals surface area contributed by atoms with Gasteiger partial charge in [0.2, 0.25) is 15.9 Å². The average molecular weight is 363 g/mol. The number of amides is 1. The van der Waals surface area contributed by atoms with Crippen LogP contribution in [0.3, 0.4) is 0 Å². The smallest absolute Gasteiger partial charge is 0.246 e. The number of sulfonamides is 1. The fourth-order valence-electron chi connectivity index (χ4n) is 3.24. The Morgan fingerprint density at radius 3 is 2.80 bits per heavy atom. The van der Waals surface area contributed by atoms with Gasteiger partial charge in [-0.2, -0.15) is 0 Å². The number of fused-ring (bicyclic) bond motifs is 1. The largest absolute Gasteiger partial charge is 0.360 e. The van der Waals surface area contributed by atoms with Crippen LogP contribution in [-0.2, 0) is 21.2 Å². The number of carbonyl (C=O) groups is 1. The molecule has 1 amide bonds. The highest BCUT2D eigenvalue weighted by molar-refractivity contribution is 7.89. The van der Waals surface area contributed by atoms with Crippen LogP contribution in [0.25, 0.3) is 0 Å². The number of nitrogens with one attached hydrogen (secondary N) is 2. The third-order valence-electron chi connectivity index (χ3n) is 4.36. The third-order valence-corrected chi connectivity index (χ3v) is 6.01. The van der Waals surface area contributed by atoms with Gasteiger partial charge in [-0.3, -0.25) is 4.79 Å². The normalized spacial score (nSPS) is 17.1. The minimum Gasteiger partial charge on any atom is -0.360 e. The molecule has 0 saturated carbocycles. The molecule has 3 rings (SSSR count). The second kappa shape index (κ2) is 6.97. The summed E-state index contributed by atoms with van der Waals surface area (Å²) in [5.74, 6) is -0.163. The van der Waals surface area contributed by atoms with E-state index in [9.17, 15) is 13.2 Å². The van der Waals surface area contributed by atoms with Gasteiger partial charge in [0.25, 0.3) is 0 Å². The SMILES string of the molecule is Cc1noc(C)c1S(=O)(=O)NCC(=O)NC1CCCc2ccccc21. The maximum Gasteiger partial charge on any atom is 0.246 e. The van der Waals surface area contributed by atoms with Crippen LogP contribution >= 0.6 is 0 Å². The zero-order valence-corrected chi connectivity index (χ0v) is 15.0. The molecule has 1 atom stereocenters. The lowest BCUT2D eigenvalue weighted by atomic mass is 9.88. The van der Waals surface area contributed by atoms with Crippen molar-refractivity contribution in [3.05, 3.63) is 46.8 Å². The summed E-state index contributed by atoms with van der Waals surface area (Å²) in [6.45, 7) is 2.74. The van der Waals surface area contributed by atoms with Gasteiger partial charge >= 0.3 is 0 Å². The number of hydrogen-bond acceptors (Lipinski definition) is 5. The molecule has 0 aliphatic heterocycles. The van der Waals surface area contributed by atoms with Crippen LogP contribution < -0.4 is 10.0 Å². The Bertz CT molecular complexity index is 870. The van der Waals surface area contributed by atoms with E-state index in [0.717, 1.165) is 24.8 Å². The number of aryl methyl sites for hydroxylation is 3. The van der Waals surface area contributed by atoms with Crippen molar-refractivity contribution >= 4 is 15.9 Å². The molecule has 0 bridgehead atoms. The molecule has 1 unspecified atom stereocenters. The molecule has 1 heterocycles. The van der Waals surface area contributed by atoms with Crippen LogP contribution in [0, 0.1) is 13.8 Å². The van der Waals surface area contributed by atoms with Crippen molar-refractivity contribution in [2.75, 3.05) is 6.54 Å². The summed E-state index contributed by atoms with van der Waals surface area (Å²) in [5.41, 5.74) is 2.61. The van der Waals surface area contributed by atoms with Gasteiger partial charge in [-0.1, -0.05) is 29.4 Å². The zero-order chi connectivity index (χ0) is 18.0. The maximum atomic E-state index is 12.3. The van der Waals surface area contributed by atoms with Gasteiger partial charge in [-0.25, -0.2) is 13.1 Å². The van der Waals surface area contributed by atoms with Gasteiger partial charge in [0.05, 0.1) is 12.6 Å². The lowest BCUT2D eigenvalue weighted by Gasteiger charge is -2.26. The molecule has 25 heavy (non-hydrogen) atoms. The predicted molar refractivity (Wildman–Crippen MR) is 91.4 cm³/mol. The van der Waals surface area contributed by atoms with Gasteiger partial charge in [0.15, 0.2) is 5.76 Å². The van der Waals surface area contributed by atoms with E-state index in [-0.39, 0.29) is 34.8 Å². The van der Waals surface area contributed by atoms with E-state index in [2.05, 4.69) is 21.3 Å². The Hall–Kier alpha value is -2.19. The van der Waals surface area contributed by atoms with Crippen molar-refractivity contribution in [2.24, 2.45) is 0 Å². The molecule has 0 saturated heterocycles. The van der Waals surface area contributed by atoms with E-state index in [1.54, 1.807) is 6.92 Å². The molecule has 1 aliphatic rings. The summed E-state index contributed by atoms with van der Waals surface area (Å²) in [5, 5.41) is 6.55. The lowest BCUT2D eigenvalue weighted by Crippen LogP contribution is -2.39. The Kier molecular flexibility index (Phi) is 4.91. The summed E-state index contributed by atoms with van der Waals surface area (Å²) < 4.78 is 31.9. The van der Waals surface area contributed by atoms with Crippen LogP contribution in [0.2, 0.25) is 0 Å². The summed E-state index contributed by atoms with van der Waals surface area (Å²) >= 11 is 0. The second-order valence-electron chi connectivity index (χ2n) is 6.19. The molecule has 1 aliphatic carbocycles. The van der Waals surface area contributed by atoms with Gasteiger partial charge in [-0.05, 0) is 44.2 Å². The van der Waals surface area contributed by atoms with E-state index in [1.165, 1.54) is 12.5 Å². The average Bonchev–Trinajstić information content (AvgIpc) is 2.93. The number of carbonyl (C=O) groups excluding carboxylic acids is 1. The zero-order valence-electron chi connectivity index (χ0n) is 14.2. The molecule has 2 aromatic rings. The first kappa shape index (κ1) is 17.6. The molecule has 1 aromatic carbocycles. The van der Waals surface area contributed by atoms with Crippen LogP contribution in [0.15, 0.2) is 33.7 Å². The van der Waals surface area contributed by atoms with Crippen molar-refractivity contribution in [3.8, 4) is 0 Å². The van der Waals surface area contributed by atoms with Crippen molar-refractivity contribution in [1.82, 2.24) is 15.2 Å². The molecular formula is C17H21N3O4S. The van der Waals surface area contributed by atoms with Crippen LogP contribution in [0.4, 0.5) is 0 Å². The predicted octanol–water partition coefficient (Wildman–Crippen LogP) is 1.76. The molecule has 134 valence electrons. The van der Waals surface area contributed by atoms with Gasteiger partial charge in [-0.15, -0.1) is 0 Å². The van der Waals surface area contributed by atoms with Crippen molar-refractivity contribution in [2.45, 2.75) is 44.0 Å². The van der Waals surface area contributed by atoms with E-state index in [1.807, 2.05) is 18.2 Å². The number of rotatable bonds is 5. The highest BCUT2D eigenvalue weighted by Crippen LogP contribution is 2.29. The Labute approximate surface area is 146 Å². The summed E-state index contributed by atoms with van der Waals surface area (Å²) in [6, 6.07) is 7.92.